The predicted octanol–water partition coefficient (Wildman–Crippen LogP) is 4.30. The van der Waals surface area contributed by atoms with Crippen LogP contribution < -0.4 is 0 Å². The van der Waals surface area contributed by atoms with Gasteiger partial charge in [0.1, 0.15) is 0 Å². The minimum Gasteiger partial charge on any atom is -0.332 e. The van der Waals surface area contributed by atoms with Crippen LogP contribution in [0.15, 0.2) is 53.1 Å². The number of benzene rings is 2. The number of rotatable bonds is 2. The summed E-state index contributed by atoms with van der Waals surface area (Å²) in [6, 6.07) is 12.0. The fraction of sp³-hybridized carbons (Fsp3) is 0.0625. The standard InChI is InChI=1S/C16H9F3N4O/c17-16(18,19)10-7-5-9(6-8-10)14-20-15(24-23-14)13-11-3-1-2-4-12(11)21-22-13/h1-8H,(H,21,22). The first-order chi connectivity index (χ1) is 11.5. The van der Waals surface area contributed by atoms with Gasteiger partial charge < -0.3 is 4.52 Å². The number of hydrogen-bond acceptors (Lipinski definition) is 4. The summed E-state index contributed by atoms with van der Waals surface area (Å²) in [5, 5.41) is 11.6. The Morgan fingerprint density at radius 3 is 2.46 bits per heavy atom. The molecule has 0 radical (unpaired) electrons. The van der Waals surface area contributed by atoms with Crippen LogP contribution in [0.5, 0.6) is 0 Å². The van der Waals surface area contributed by atoms with E-state index in [-0.39, 0.29) is 11.7 Å². The zero-order valence-electron chi connectivity index (χ0n) is 12.0. The fourth-order valence-electron chi connectivity index (χ4n) is 2.37. The molecule has 0 aliphatic rings. The van der Waals surface area contributed by atoms with E-state index in [1.165, 1.54) is 12.1 Å². The summed E-state index contributed by atoms with van der Waals surface area (Å²) in [7, 11) is 0. The Hall–Kier alpha value is -3.16. The zero-order chi connectivity index (χ0) is 16.7. The number of nitrogens with zero attached hydrogens (tertiary/aromatic N) is 3. The predicted molar refractivity (Wildman–Crippen MR) is 79.8 cm³/mol. The van der Waals surface area contributed by atoms with Crippen LogP contribution in [0.1, 0.15) is 5.56 Å². The van der Waals surface area contributed by atoms with Crippen molar-refractivity contribution in [1.82, 2.24) is 20.3 Å². The normalized spacial score (nSPS) is 12.0. The van der Waals surface area contributed by atoms with Crippen molar-refractivity contribution in [2.45, 2.75) is 6.18 Å². The first kappa shape index (κ1) is 14.4. The highest BCUT2D eigenvalue weighted by atomic mass is 19.4. The highest BCUT2D eigenvalue weighted by molar-refractivity contribution is 5.90. The molecule has 0 spiro atoms. The average molecular weight is 330 g/mol. The molecule has 2 heterocycles. The van der Waals surface area contributed by atoms with Gasteiger partial charge in [-0.2, -0.15) is 23.3 Å². The highest BCUT2D eigenvalue weighted by Crippen LogP contribution is 2.31. The lowest BCUT2D eigenvalue weighted by Crippen LogP contribution is -2.04. The Morgan fingerprint density at radius 1 is 0.958 bits per heavy atom. The molecule has 0 aliphatic heterocycles. The third kappa shape index (κ3) is 2.41. The smallest absolute Gasteiger partial charge is 0.332 e. The summed E-state index contributed by atoms with van der Waals surface area (Å²) in [6.45, 7) is 0. The lowest BCUT2D eigenvalue weighted by atomic mass is 10.1. The van der Waals surface area contributed by atoms with Crippen LogP contribution in [0.4, 0.5) is 13.2 Å². The zero-order valence-corrected chi connectivity index (χ0v) is 12.0. The fourth-order valence-corrected chi connectivity index (χ4v) is 2.37. The average Bonchev–Trinajstić information content (AvgIpc) is 3.21. The molecule has 24 heavy (non-hydrogen) atoms. The molecule has 0 aliphatic carbocycles. The Labute approximate surface area is 133 Å². The van der Waals surface area contributed by atoms with E-state index < -0.39 is 11.7 Å². The number of aromatic nitrogens is 4. The second kappa shape index (κ2) is 5.19. The van der Waals surface area contributed by atoms with Crippen LogP contribution >= 0.6 is 0 Å². The molecule has 0 amide bonds. The molecule has 0 unspecified atom stereocenters. The molecule has 1 N–H and O–H groups in total. The van der Waals surface area contributed by atoms with Crippen LogP contribution in [-0.2, 0) is 6.18 Å². The van der Waals surface area contributed by atoms with Crippen molar-refractivity contribution >= 4 is 10.9 Å². The van der Waals surface area contributed by atoms with Crippen LogP contribution in [0.25, 0.3) is 33.9 Å². The molecule has 4 rings (SSSR count). The summed E-state index contributed by atoms with van der Waals surface area (Å²) in [6.07, 6.45) is -4.38. The van der Waals surface area contributed by atoms with Gasteiger partial charge in [0.15, 0.2) is 5.69 Å². The van der Waals surface area contributed by atoms with Gasteiger partial charge in [-0.3, -0.25) is 5.10 Å². The number of fused-ring (bicyclic) bond motifs is 1. The minimum absolute atomic E-state index is 0.197. The van der Waals surface area contributed by atoms with Gasteiger partial charge in [0, 0.05) is 10.9 Å². The number of halogens is 3. The maximum atomic E-state index is 12.6. The second-order valence-corrected chi connectivity index (χ2v) is 5.12. The summed E-state index contributed by atoms with van der Waals surface area (Å²) in [5.74, 6) is 0.396. The number of H-pyrrole nitrogens is 1. The van der Waals surface area contributed by atoms with Crippen LogP contribution in [0, 0.1) is 0 Å². The van der Waals surface area contributed by atoms with Gasteiger partial charge in [0.25, 0.3) is 5.89 Å². The van der Waals surface area contributed by atoms with E-state index in [9.17, 15) is 13.2 Å². The topological polar surface area (TPSA) is 67.6 Å². The molecule has 0 atom stereocenters. The van der Waals surface area contributed by atoms with Crippen molar-refractivity contribution in [3.8, 4) is 23.0 Å². The molecule has 4 aromatic rings. The molecule has 0 bridgehead atoms. The molecule has 0 fully saturated rings. The number of para-hydroxylation sites is 1. The van der Waals surface area contributed by atoms with Gasteiger partial charge >= 0.3 is 6.18 Å². The van der Waals surface area contributed by atoms with Crippen LogP contribution in [0.2, 0.25) is 0 Å². The molecule has 0 saturated carbocycles. The number of alkyl halides is 3. The van der Waals surface area contributed by atoms with Crippen LogP contribution in [-0.4, -0.2) is 20.3 Å². The SMILES string of the molecule is FC(F)(F)c1ccc(-c2noc(-c3n[nH]c4ccccc34)n2)cc1. The second-order valence-electron chi connectivity index (χ2n) is 5.12. The molecule has 5 nitrogen and oxygen atoms in total. The maximum Gasteiger partial charge on any atom is 0.416 e. The summed E-state index contributed by atoms with van der Waals surface area (Å²) >= 11 is 0. The van der Waals surface area contributed by atoms with Gasteiger partial charge in [-0.05, 0) is 18.2 Å². The molecule has 8 heteroatoms. The molecular formula is C16H9F3N4O. The molecule has 0 saturated heterocycles. The van der Waals surface area contributed by atoms with E-state index in [1.807, 2.05) is 24.3 Å². The summed E-state index contributed by atoms with van der Waals surface area (Å²) < 4.78 is 43.0. The third-order valence-electron chi connectivity index (χ3n) is 3.57. The van der Waals surface area contributed by atoms with E-state index >= 15 is 0 Å². The monoisotopic (exact) mass is 330 g/mol. The lowest BCUT2D eigenvalue weighted by molar-refractivity contribution is -0.137. The Balaban J connectivity index is 1.70. The third-order valence-corrected chi connectivity index (χ3v) is 3.57. The van der Waals surface area contributed by atoms with Crippen molar-refractivity contribution in [2.24, 2.45) is 0 Å². The van der Waals surface area contributed by atoms with E-state index in [4.69, 9.17) is 4.52 Å². The minimum atomic E-state index is -4.38. The van der Waals surface area contributed by atoms with E-state index in [1.54, 1.807) is 0 Å². The molecule has 2 aromatic carbocycles. The summed E-state index contributed by atoms with van der Waals surface area (Å²) in [5.41, 5.74) is 1.02. The molecule has 120 valence electrons. The van der Waals surface area contributed by atoms with E-state index in [2.05, 4.69) is 20.3 Å². The number of aromatic amines is 1. The first-order valence-corrected chi connectivity index (χ1v) is 6.97. The van der Waals surface area contributed by atoms with Gasteiger partial charge in [-0.25, -0.2) is 0 Å². The van der Waals surface area contributed by atoms with Crippen molar-refractivity contribution in [3.63, 3.8) is 0 Å². The molecular weight excluding hydrogens is 321 g/mol. The number of hydrogen-bond donors (Lipinski definition) is 1. The van der Waals surface area contributed by atoms with Gasteiger partial charge in [0.05, 0.1) is 11.1 Å². The van der Waals surface area contributed by atoms with E-state index in [0.29, 0.717) is 11.3 Å². The van der Waals surface area contributed by atoms with E-state index in [0.717, 1.165) is 23.0 Å². The van der Waals surface area contributed by atoms with Crippen molar-refractivity contribution < 1.29 is 17.7 Å². The quantitative estimate of drug-likeness (QED) is 0.595. The van der Waals surface area contributed by atoms with Gasteiger partial charge in [-0.1, -0.05) is 35.5 Å². The maximum absolute atomic E-state index is 12.6. The lowest BCUT2D eigenvalue weighted by Gasteiger charge is -2.05. The summed E-state index contributed by atoms with van der Waals surface area (Å²) in [4.78, 5) is 4.22. The van der Waals surface area contributed by atoms with Crippen molar-refractivity contribution in [2.75, 3.05) is 0 Å². The van der Waals surface area contributed by atoms with Crippen LogP contribution in [0.3, 0.4) is 0 Å². The van der Waals surface area contributed by atoms with Gasteiger partial charge in [0.2, 0.25) is 5.82 Å². The van der Waals surface area contributed by atoms with Crippen molar-refractivity contribution in [1.29, 1.82) is 0 Å². The Kier molecular flexibility index (Phi) is 3.12. The van der Waals surface area contributed by atoms with Gasteiger partial charge in [-0.15, -0.1) is 0 Å². The number of nitrogens with one attached hydrogen (secondary N) is 1. The Bertz CT molecular complexity index is 1000. The Morgan fingerprint density at radius 2 is 1.71 bits per heavy atom. The largest absolute Gasteiger partial charge is 0.416 e. The first-order valence-electron chi connectivity index (χ1n) is 6.97. The van der Waals surface area contributed by atoms with Crippen molar-refractivity contribution in [3.05, 3.63) is 54.1 Å². The highest BCUT2D eigenvalue weighted by Gasteiger charge is 2.30. The molecule has 2 aromatic heterocycles.